The lowest BCUT2D eigenvalue weighted by molar-refractivity contribution is -0.117. The maximum absolute atomic E-state index is 12.3. The summed E-state index contributed by atoms with van der Waals surface area (Å²) in [6.45, 7) is 3.43. The summed E-state index contributed by atoms with van der Waals surface area (Å²) in [6, 6.07) is 14.0. The molecule has 4 rings (SSSR count). The molecule has 3 heterocycles. The summed E-state index contributed by atoms with van der Waals surface area (Å²) in [4.78, 5) is 24.1. The third-order valence-corrected chi connectivity index (χ3v) is 4.15. The molecule has 0 radical (unpaired) electrons. The first-order chi connectivity index (χ1) is 13.5. The summed E-state index contributed by atoms with van der Waals surface area (Å²) in [5, 5.41) is 19.4. The van der Waals surface area contributed by atoms with Crippen LogP contribution in [0.15, 0.2) is 53.3 Å². The molecule has 0 aliphatic heterocycles. The highest BCUT2D eigenvalue weighted by atomic mass is 16.2. The highest BCUT2D eigenvalue weighted by Crippen LogP contribution is 2.21. The number of carbonyl (C=O) groups is 1. The van der Waals surface area contributed by atoms with Crippen LogP contribution in [-0.4, -0.2) is 35.5 Å². The molecule has 0 aliphatic carbocycles. The Hall–Kier alpha value is -3.88. The number of amides is 1. The summed E-state index contributed by atoms with van der Waals surface area (Å²) < 4.78 is 2.80. The fraction of sp³-hybridized carbons (Fsp3) is 0.158. The van der Waals surface area contributed by atoms with E-state index in [1.54, 1.807) is 23.6 Å². The van der Waals surface area contributed by atoms with E-state index in [1.807, 2.05) is 37.3 Å². The molecular weight excluding hydrogens is 358 g/mol. The van der Waals surface area contributed by atoms with E-state index >= 15 is 0 Å². The number of nitrogens with one attached hydrogen (secondary N) is 1. The Kier molecular flexibility index (Phi) is 4.40. The van der Waals surface area contributed by atoms with E-state index in [0.717, 1.165) is 15.9 Å². The van der Waals surface area contributed by atoms with Gasteiger partial charge in [-0.1, -0.05) is 12.1 Å². The topological polar surface area (TPSA) is 107 Å². The third-order valence-electron chi connectivity index (χ3n) is 4.15. The van der Waals surface area contributed by atoms with Crippen molar-refractivity contribution < 1.29 is 4.79 Å². The van der Waals surface area contributed by atoms with E-state index in [2.05, 4.69) is 25.7 Å². The molecule has 0 saturated carbocycles. The number of aryl methyl sites for hydroxylation is 2. The Balaban J connectivity index is 1.56. The van der Waals surface area contributed by atoms with Crippen LogP contribution >= 0.6 is 0 Å². The first kappa shape index (κ1) is 17.5. The van der Waals surface area contributed by atoms with E-state index in [4.69, 9.17) is 0 Å². The Morgan fingerprint density at radius 3 is 2.75 bits per heavy atom. The lowest BCUT2D eigenvalue weighted by Gasteiger charge is -2.09. The van der Waals surface area contributed by atoms with Crippen LogP contribution in [0.25, 0.3) is 16.9 Å². The van der Waals surface area contributed by atoms with Crippen molar-refractivity contribution in [1.29, 1.82) is 0 Å². The molecule has 1 amide bonds. The molecule has 140 valence electrons. The molecule has 0 unspecified atom stereocenters. The molecule has 0 atom stereocenters. The molecule has 0 saturated heterocycles. The van der Waals surface area contributed by atoms with Crippen LogP contribution in [0.2, 0.25) is 0 Å². The summed E-state index contributed by atoms with van der Waals surface area (Å²) >= 11 is 0. The van der Waals surface area contributed by atoms with Gasteiger partial charge in [-0.2, -0.15) is 14.7 Å². The van der Waals surface area contributed by atoms with Crippen LogP contribution in [0.4, 0.5) is 5.69 Å². The third kappa shape index (κ3) is 3.50. The zero-order chi connectivity index (χ0) is 19.7. The number of carbonyl (C=O) groups excluding carboxylic acids is 1. The molecule has 1 aromatic carbocycles. The van der Waals surface area contributed by atoms with Crippen molar-refractivity contribution >= 4 is 17.2 Å². The molecule has 9 nitrogen and oxygen atoms in total. The lowest BCUT2D eigenvalue weighted by Crippen LogP contribution is -2.29. The number of anilines is 1. The number of hydrogen-bond donors (Lipinski definition) is 1. The zero-order valence-corrected chi connectivity index (χ0v) is 15.3. The van der Waals surface area contributed by atoms with Gasteiger partial charge < -0.3 is 5.32 Å². The molecule has 1 N–H and O–H groups in total. The first-order valence-electron chi connectivity index (χ1n) is 8.64. The molecule has 0 aliphatic rings. The van der Waals surface area contributed by atoms with Gasteiger partial charge in [0.05, 0.1) is 11.4 Å². The Bertz CT molecular complexity index is 1240. The van der Waals surface area contributed by atoms with Gasteiger partial charge in [-0.05, 0) is 44.2 Å². The van der Waals surface area contributed by atoms with Gasteiger partial charge >= 0.3 is 0 Å². The number of hydrogen-bond acceptors (Lipinski definition) is 6. The fourth-order valence-electron chi connectivity index (χ4n) is 2.81. The second-order valence-electron chi connectivity index (χ2n) is 6.34. The van der Waals surface area contributed by atoms with Crippen LogP contribution in [0.3, 0.4) is 0 Å². The standard InChI is InChI=1S/C19H17N7O2/c1-12-6-9-19(28)25(23-12)11-18(27)20-15-5-3-4-14(10-15)16-7-8-17-22-21-13(2)26(17)24-16/h3-10H,11H2,1-2H3,(H,20,27). The zero-order valence-electron chi connectivity index (χ0n) is 15.3. The first-order valence-corrected chi connectivity index (χ1v) is 8.64. The highest BCUT2D eigenvalue weighted by Gasteiger charge is 2.09. The van der Waals surface area contributed by atoms with Crippen LogP contribution < -0.4 is 10.9 Å². The van der Waals surface area contributed by atoms with Gasteiger partial charge in [-0.3, -0.25) is 9.59 Å². The molecular formula is C19H17N7O2. The summed E-state index contributed by atoms with van der Waals surface area (Å²) in [7, 11) is 0. The van der Waals surface area contributed by atoms with Crippen molar-refractivity contribution in [2.75, 3.05) is 5.32 Å². The smallest absolute Gasteiger partial charge is 0.267 e. The number of fused-ring (bicyclic) bond motifs is 1. The van der Waals surface area contributed by atoms with Crippen molar-refractivity contribution in [1.82, 2.24) is 29.6 Å². The Morgan fingerprint density at radius 2 is 1.89 bits per heavy atom. The quantitative estimate of drug-likeness (QED) is 0.581. The predicted molar refractivity (Wildman–Crippen MR) is 103 cm³/mol. The Labute approximate surface area is 159 Å². The van der Waals surface area contributed by atoms with Crippen molar-refractivity contribution in [2.45, 2.75) is 20.4 Å². The van der Waals surface area contributed by atoms with Gasteiger partial charge in [0.2, 0.25) is 5.91 Å². The van der Waals surface area contributed by atoms with Crippen LogP contribution in [0, 0.1) is 13.8 Å². The van der Waals surface area contributed by atoms with Crippen LogP contribution in [0.5, 0.6) is 0 Å². The maximum atomic E-state index is 12.3. The number of benzene rings is 1. The molecule has 0 bridgehead atoms. The average Bonchev–Trinajstić information content (AvgIpc) is 3.05. The van der Waals surface area contributed by atoms with E-state index in [-0.39, 0.29) is 18.0 Å². The van der Waals surface area contributed by atoms with E-state index in [0.29, 0.717) is 22.9 Å². The van der Waals surface area contributed by atoms with Gasteiger partial charge in [-0.25, -0.2) is 4.68 Å². The van der Waals surface area contributed by atoms with Gasteiger partial charge in [-0.15, -0.1) is 10.2 Å². The number of rotatable bonds is 4. The normalized spacial score (nSPS) is 10.9. The largest absolute Gasteiger partial charge is 0.324 e. The molecule has 3 aromatic heterocycles. The maximum Gasteiger partial charge on any atom is 0.267 e. The average molecular weight is 375 g/mol. The SMILES string of the molecule is Cc1ccc(=O)n(CC(=O)Nc2cccc(-c3ccc4nnc(C)n4n3)c2)n1. The second-order valence-corrected chi connectivity index (χ2v) is 6.34. The van der Waals surface area contributed by atoms with E-state index in [1.165, 1.54) is 6.07 Å². The van der Waals surface area contributed by atoms with E-state index in [9.17, 15) is 9.59 Å². The number of aromatic nitrogens is 6. The minimum Gasteiger partial charge on any atom is -0.324 e. The summed E-state index contributed by atoms with van der Waals surface area (Å²) in [6.07, 6.45) is 0. The van der Waals surface area contributed by atoms with Crippen molar-refractivity contribution in [3.05, 3.63) is 70.4 Å². The van der Waals surface area contributed by atoms with Crippen LogP contribution in [-0.2, 0) is 11.3 Å². The molecule has 28 heavy (non-hydrogen) atoms. The minimum atomic E-state index is -0.338. The summed E-state index contributed by atoms with van der Waals surface area (Å²) in [5.74, 6) is 0.354. The van der Waals surface area contributed by atoms with E-state index < -0.39 is 0 Å². The van der Waals surface area contributed by atoms with Crippen LogP contribution in [0.1, 0.15) is 11.5 Å². The number of nitrogens with zero attached hydrogens (tertiary/aromatic N) is 6. The van der Waals surface area contributed by atoms with Gasteiger partial charge in [0, 0.05) is 17.3 Å². The summed E-state index contributed by atoms with van der Waals surface area (Å²) in [5.41, 5.74) is 3.17. The molecule has 4 aromatic rings. The van der Waals surface area contributed by atoms with Gasteiger partial charge in [0.25, 0.3) is 5.56 Å². The highest BCUT2D eigenvalue weighted by molar-refractivity contribution is 5.91. The monoisotopic (exact) mass is 375 g/mol. The molecule has 0 fully saturated rings. The van der Waals surface area contributed by atoms with Crippen molar-refractivity contribution in [2.24, 2.45) is 0 Å². The Morgan fingerprint density at radius 1 is 1.04 bits per heavy atom. The van der Waals surface area contributed by atoms with Crippen molar-refractivity contribution in [3.8, 4) is 11.3 Å². The van der Waals surface area contributed by atoms with Gasteiger partial charge in [0.15, 0.2) is 11.5 Å². The lowest BCUT2D eigenvalue weighted by atomic mass is 10.1. The fourth-order valence-corrected chi connectivity index (χ4v) is 2.81. The molecule has 0 spiro atoms. The molecule has 9 heteroatoms. The predicted octanol–water partition coefficient (Wildman–Crippen LogP) is 1.60. The minimum absolute atomic E-state index is 0.158. The van der Waals surface area contributed by atoms with Crippen molar-refractivity contribution in [3.63, 3.8) is 0 Å². The second kappa shape index (κ2) is 7.03. The van der Waals surface area contributed by atoms with Gasteiger partial charge in [0.1, 0.15) is 6.54 Å².